The second-order valence-electron chi connectivity index (χ2n) is 3.44. The fraction of sp³-hybridized carbons (Fsp3) is 0.700. The maximum absolute atomic E-state index is 5.62. The van der Waals surface area contributed by atoms with Crippen molar-refractivity contribution < 1.29 is 0 Å². The smallest absolute Gasteiger partial charge is 0.0794 e. The number of hydrogen-bond donors (Lipinski definition) is 2. The molecule has 14 heavy (non-hydrogen) atoms. The van der Waals surface area contributed by atoms with Crippen LogP contribution in [0.15, 0.2) is 11.7 Å². The van der Waals surface area contributed by atoms with E-state index in [4.69, 9.17) is 5.73 Å². The molecule has 1 aromatic heterocycles. The van der Waals surface area contributed by atoms with Gasteiger partial charge in [-0.2, -0.15) is 0 Å². The van der Waals surface area contributed by atoms with E-state index in [9.17, 15) is 0 Å². The van der Waals surface area contributed by atoms with Crippen LogP contribution in [-0.2, 0) is 6.54 Å². The zero-order chi connectivity index (χ0) is 10.2. The molecule has 0 aliphatic carbocycles. The van der Waals surface area contributed by atoms with Crippen molar-refractivity contribution in [2.75, 3.05) is 13.1 Å². The lowest BCUT2D eigenvalue weighted by Gasteiger charge is -2.11. The first-order valence-corrected chi connectivity index (χ1v) is 6.03. The van der Waals surface area contributed by atoms with Gasteiger partial charge in [0, 0.05) is 17.6 Å². The van der Waals surface area contributed by atoms with Crippen LogP contribution in [0.25, 0.3) is 0 Å². The molecular weight excluding hydrogens is 194 g/mol. The molecule has 0 radical (unpaired) electrons. The summed E-state index contributed by atoms with van der Waals surface area (Å²) in [6, 6.07) is 0. The summed E-state index contributed by atoms with van der Waals surface area (Å²) in [7, 11) is 0. The maximum atomic E-state index is 5.62. The van der Waals surface area contributed by atoms with Gasteiger partial charge in [-0.05, 0) is 25.4 Å². The van der Waals surface area contributed by atoms with E-state index in [-0.39, 0.29) is 0 Å². The van der Waals surface area contributed by atoms with Gasteiger partial charge >= 0.3 is 0 Å². The van der Waals surface area contributed by atoms with Crippen LogP contribution in [0.3, 0.4) is 0 Å². The fourth-order valence-corrected chi connectivity index (χ4v) is 1.90. The Balaban J connectivity index is 2.04. The highest BCUT2D eigenvalue weighted by molar-refractivity contribution is 7.09. The van der Waals surface area contributed by atoms with Crippen molar-refractivity contribution in [3.05, 3.63) is 16.6 Å². The molecule has 0 amide bonds. The molecule has 0 bridgehead atoms. The Morgan fingerprint density at radius 3 is 3.07 bits per heavy atom. The van der Waals surface area contributed by atoms with Crippen molar-refractivity contribution in [3.8, 4) is 0 Å². The summed E-state index contributed by atoms with van der Waals surface area (Å²) >= 11 is 1.69. The van der Waals surface area contributed by atoms with E-state index in [0.717, 1.165) is 19.6 Å². The number of nitrogens with zero attached hydrogens (tertiary/aromatic N) is 1. The van der Waals surface area contributed by atoms with Crippen LogP contribution in [0, 0.1) is 5.92 Å². The number of hydrogen-bond acceptors (Lipinski definition) is 4. The number of aromatic nitrogens is 1. The van der Waals surface area contributed by atoms with Crippen LogP contribution < -0.4 is 11.1 Å². The molecule has 0 saturated carbocycles. The van der Waals surface area contributed by atoms with Gasteiger partial charge in [0.05, 0.1) is 5.51 Å². The minimum absolute atomic E-state index is 0.670. The second kappa shape index (κ2) is 6.92. The monoisotopic (exact) mass is 213 g/mol. The van der Waals surface area contributed by atoms with Crippen molar-refractivity contribution in [3.63, 3.8) is 0 Å². The van der Waals surface area contributed by atoms with Gasteiger partial charge in [-0.3, -0.25) is 4.98 Å². The van der Waals surface area contributed by atoms with Gasteiger partial charge in [0.2, 0.25) is 0 Å². The molecule has 3 nitrogen and oxygen atoms in total. The quantitative estimate of drug-likeness (QED) is 0.677. The average molecular weight is 213 g/mol. The highest BCUT2D eigenvalue weighted by Crippen LogP contribution is 2.06. The van der Waals surface area contributed by atoms with Gasteiger partial charge < -0.3 is 11.1 Å². The first-order chi connectivity index (χ1) is 6.86. The van der Waals surface area contributed by atoms with Crippen LogP contribution in [0.5, 0.6) is 0 Å². The van der Waals surface area contributed by atoms with Crippen molar-refractivity contribution in [1.29, 1.82) is 0 Å². The summed E-state index contributed by atoms with van der Waals surface area (Å²) in [4.78, 5) is 5.32. The second-order valence-corrected chi connectivity index (χ2v) is 4.41. The van der Waals surface area contributed by atoms with E-state index >= 15 is 0 Å². The predicted molar refractivity (Wildman–Crippen MR) is 61.3 cm³/mol. The number of rotatable bonds is 7. The summed E-state index contributed by atoms with van der Waals surface area (Å²) in [6.07, 6.45) is 4.27. The Hall–Kier alpha value is -0.450. The third-order valence-corrected chi connectivity index (χ3v) is 3.20. The summed E-state index contributed by atoms with van der Waals surface area (Å²) in [6.45, 7) is 4.98. The molecular formula is C10H19N3S. The molecule has 0 aliphatic rings. The average Bonchev–Trinajstić information content (AvgIpc) is 2.71. The van der Waals surface area contributed by atoms with Crippen LogP contribution in [-0.4, -0.2) is 18.1 Å². The normalized spacial score (nSPS) is 13.0. The highest BCUT2D eigenvalue weighted by atomic mass is 32.1. The lowest BCUT2D eigenvalue weighted by molar-refractivity contribution is 0.461. The first kappa shape index (κ1) is 11.6. The van der Waals surface area contributed by atoms with E-state index in [2.05, 4.69) is 17.2 Å². The molecule has 0 aromatic carbocycles. The largest absolute Gasteiger partial charge is 0.330 e. The molecule has 0 saturated heterocycles. The van der Waals surface area contributed by atoms with Crippen molar-refractivity contribution in [2.24, 2.45) is 11.7 Å². The fourth-order valence-electron chi connectivity index (χ4n) is 1.34. The van der Waals surface area contributed by atoms with Crippen LogP contribution in [0.4, 0.5) is 0 Å². The number of nitrogens with one attached hydrogen (secondary N) is 1. The Morgan fingerprint density at radius 2 is 2.50 bits per heavy atom. The molecule has 1 heterocycles. The van der Waals surface area contributed by atoms with Gasteiger partial charge in [0.15, 0.2) is 0 Å². The van der Waals surface area contributed by atoms with Crippen LogP contribution in [0.2, 0.25) is 0 Å². The van der Waals surface area contributed by atoms with E-state index in [0.29, 0.717) is 5.92 Å². The molecule has 1 rings (SSSR count). The molecule has 1 atom stereocenters. The zero-order valence-corrected chi connectivity index (χ0v) is 9.52. The summed E-state index contributed by atoms with van der Waals surface area (Å²) in [5.74, 6) is 0.670. The maximum Gasteiger partial charge on any atom is 0.0794 e. The Kier molecular flexibility index (Phi) is 5.75. The number of nitrogens with two attached hydrogens (primary N) is 1. The Bertz CT molecular complexity index is 219. The predicted octanol–water partition coefficient (Wildman–Crippen LogP) is 1.61. The molecule has 1 unspecified atom stereocenters. The summed E-state index contributed by atoms with van der Waals surface area (Å²) in [5.41, 5.74) is 7.49. The molecule has 3 N–H and O–H groups in total. The lowest BCUT2D eigenvalue weighted by atomic mass is 10.0. The van der Waals surface area contributed by atoms with Gasteiger partial charge in [-0.1, -0.05) is 13.3 Å². The van der Waals surface area contributed by atoms with Crippen LogP contribution in [0.1, 0.15) is 24.6 Å². The minimum Gasteiger partial charge on any atom is -0.330 e. The molecule has 0 fully saturated rings. The van der Waals surface area contributed by atoms with Crippen LogP contribution >= 0.6 is 11.3 Å². The van der Waals surface area contributed by atoms with Crippen molar-refractivity contribution in [1.82, 2.24) is 10.3 Å². The standard InChI is InChI=1S/C10H19N3S/c1-2-9(5-11)3-4-12-6-10-7-13-8-14-10/h7-9,12H,2-6,11H2,1H3. The summed E-state index contributed by atoms with van der Waals surface area (Å²) in [5, 5.41) is 3.40. The van der Waals surface area contributed by atoms with E-state index in [1.165, 1.54) is 17.7 Å². The minimum atomic E-state index is 0.670. The summed E-state index contributed by atoms with van der Waals surface area (Å²) < 4.78 is 0. The molecule has 4 heteroatoms. The van der Waals surface area contributed by atoms with Crippen molar-refractivity contribution in [2.45, 2.75) is 26.3 Å². The zero-order valence-electron chi connectivity index (χ0n) is 8.70. The van der Waals surface area contributed by atoms with E-state index in [1.54, 1.807) is 11.3 Å². The van der Waals surface area contributed by atoms with Gasteiger partial charge in [-0.15, -0.1) is 11.3 Å². The highest BCUT2D eigenvalue weighted by Gasteiger charge is 2.02. The third-order valence-electron chi connectivity index (χ3n) is 2.42. The molecule has 0 spiro atoms. The first-order valence-electron chi connectivity index (χ1n) is 5.15. The van der Waals surface area contributed by atoms with Gasteiger partial charge in [-0.25, -0.2) is 0 Å². The molecule has 1 aromatic rings. The third kappa shape index (κ3) is 4.17. The molecule has 80 valence electrons. The van der Waals surface area contributed by atoms with Gasteiger partial charge in [0.1, 0.15) is 0 Å². The number of thiazole rings is 1. The molecule has 0 aliphatic heterocycles. The van der Waals surface area contributed by atoms with E-state index in [1.807, 2.05) is 11.7 Å². The van der Waals surface area contributed by atoms with Gasteiger partial charge in [0.25, 0.3) is 0 Å². The van der Waals surface area contributed by atoms with Crippen molar-refractivity contribution >= 4 is 11.3 Å². The lowest BCUT2D eigenvalue weighted by Crippen LogP contribution is -2.21. The Labute approximate surface area is 89.7 Å². The van der Waals surface area contributed by atoms with E-state index < -0.39 is 0 Å². The SMILES string of the molecule is CCC(CN)CCNCc1cncs1. The topological polar surface area (TPSA) is 50.9 Å². The Morgan fingerprint density at radius 1 is 1.64 bits per heavy atom.